The van der Waals surface area contributed by atoms with Crippen molar-refractivity contribution in [2.45, 2.75) is 25.1 Å². The number of hydrogen-bond acceptors (Lipinski definition) is 3. The molecule has 0 unspecified atom stereocenters. The summed E-state index contributed by atoms with van der Waals surface area (Å²) in [5, 5.41) is 9.30. The Morgan fingerprint density at radius 2 is 1.48 bits per heavy atom. The number of nitrogens with zero attached hydrogens (tertiary/aromatic N) is 2. The van der Waals surface area contributed by atoms with Crippen molar-refractivity contribution >= 4 is 27.3 Å². The maximum Gasteiger partial charge on any atom is 0.119 e. The van der Waals surface area contributed by atoms with Crippen LogP contribution in [0.3, 0.4) is 0 Å². The van der Waals surface area contributed by atoms with Crippen LogP contribution in [0.5, 0.6) is 5.75 Å². The van der Waals surface area contributed by atoms with Crippen molar-refractivity contribution in [2.75, 3.05) is 6.61 Å². The van der Waals surface area contributed by atoms with Gasteiger partial charge in [0.05, 0.1) is 18.0 Å². The Morgan fingerprint density at radius 3 is 2.00 bits per heavy atom. The van der Waals surface area contributed by atoms with Crippen LogP contribution in [-0.2, 0) is 5.33 Å². The van der Waals surface area contributed by atoms with E-state index >= 15 is 0 Å². The number of hydrogen-bond donors (Lipinski definition) is 0. The predicted molar refractivity (Wildman–Crippen MR) is 90.1 cm³/mol. The van der Waals surface area contributed by atoms with Crippen LogP contribution < -0.4 is 4.74 Å². The normalized spacial score (nSPS) is 11.0. The van der Waals surface area contributed by atoms with E-state index in [0.717, 1.165) is 41.9 Å². The fraction of sp³-hybridized carbons (Fsp3) is 0.294. The third kappa shape index (κ3) is 5.31. The molecule has 3 nitrogen and oxygen atoms in total. The summed E-state index contributed by atoms with van der Waals surface area (Å²) in [6.07, 6.45) is 2.21. The van der Waals surface area contributed by atoms with E-state index in [1.54, 1.807) is 0 Å². The second-order valence-electron chi connectivity index (χ2n) is 4.70. The topological polar surface area (TPSA) is 34.0 Å². The van der Waals surface area contributed by atoms with E-state index in [-0.39, 0.29) is 0 Å². The molecule has 0 aromatic heterocycles. The number of benzene rings is 2. The van der Waals surface area contributed by atoms with Crippen molar-refractivity contribution in [3.05, 3.63) is 54.1 Å². The van der Waals surface area contributed by atoms with Gasteiger partial charge in [-0.15, -0.1) is 0 Å². The van der Waals surface area contributed by atoms with E-state index in [1.807, 2.05) is 48.5 Å². The van der Waals surface area contributed by atoms with Crippen molar-refractivity contribution in [1.82, 2.24) is 0 Å². The molecule has 2 aromatic carbocycles. The fourth-order valence-corrected chi connectivity index (χ4v) is 2.08. The molecule has 0 fully saturated rings. The molecule has 0 aliphatic carbocycles. The van der Waals surface area contributed by atoms with E-state index < -0.39 is 0 Å². The fourth-order valence-electron chi connectivity index (χ4n) is 1.71. The molecule has 0 N–H and O–H groups in total. The number of ether oxygens (including phenoxy) is 1. The molecule has 0 atom stereocenters. The van der Waals surface area contributed by atoms with Gasteiger partial charge in [0.15, 0.2) is 0 Å². The number of halogens is 1. The highest BCUT2D eigenvalue weighted by atomic mass is 79.9. The molecular weight excluding hydrogens is 328 g/mol. The molecule has 2 rings (SSSR count). The molecule has 2 aromatic rings. The lowest BCUT2D eigenvalue weighted by Gasteiger charge is -2.04. The third-order valence-electron chi connectivity index (χ3n) is 2.97. The summed E-state index contributed by atoms with van der Waals surface area (Å²) in [5.74, 6) is 0.879. The Morgan fingerprint density at radius 1 is 0.905 bits per heavy atom. The van der Waals surface area contributed by atoms with Crippen LogP contribution in [0.15, 0.2) is 58.8 Å². The lowest BCUT2D eigenvalue weighted by molar-refractivity contribution is 0.309. The summed E-state index contributed by atoms with van der Waals surface area (Å²) in [6, 6.07) is 15.7. The average molecular weight is 347 g/mol. The molecule has 4 heteroatoms. The van der Waals surface area contributed by atoms with Crippen LogP contribution in [0, 0.1) is 0 Å². The van der Waals surface area contributed by atoms with Gasteiger partial charge in [-0.05, 0) is 48.4 Å². The molecule has 0 heterocycles. The zero-order chi connectivity index (χ0) is 14.9. The summed E-state index contributed by atoms with van der Waals surface area (Å²) in [4.78, 5) is 0. The van der Waals surface area contributed by atoms with Gasteiger partial charge in [-0.1, -0.05) is 41.4 Å². The Labute approximate surface area is 134 Å². The molecule has 21 heavy (non-hydrogen) atoms. The predicted octanol–water partition coefficient (Wildman–Crippen LogP) is 6.18. The molecule has 0 bridgehead atoms. The van der Waals surface area contributed by atoms with Crippen molar-refractivity contribution in [3.8, 4) is 5.75 Å². The van der Waals surface area contributed by atoms with Crippen LogP contribution in [0.2, 0.25) is 0 Å². The van der Waals surface area contributed by atoms with Gasteiger partial charge >= 0.3 is 0 Å². The maximum absolute atomic E-state index is 5.61. The van der Waals surface area contributed by atoms with Gasteiger partial charge in [0.25, 0.3) is 0 Å². The zero-order valence-electron chi connectivity index (χ0n) is 12.1. The van der Waals surface area contributed by atoms with Gasteiger partial charge in [0, 0.05) is 5.33 Å². The minimum Gasteiger partial charge on any atom is -0.494 e. The zero-order valence-corrected chi connectivity index (χ0v) is 13.7. The molecule has 0 saturated heterocycles. The SMILES string of the molecule is CCCCOc1ccc(N=Nc2ccc(CBr)cc2)cc1. The first-order valence-corrected chi connectivity index (χ1v) is 8.23. The summed E-state index contributed by atoms with van der Waals surface area (Å²) in [6.45, 7) is 2.91. The van der Waals surface area contributed by atoms with E-state index in [2.05, 4.69) is 33.1 Å². The molecule has 0 radical (unpaired) electrons. The first kappa shape index (κ1) is 15.7. The molecule has 110 valence electrons. The Bertz CT molecular complexity index is 564. The number of unbranched alkanes of at least 4 members (excludes halogenated alkanes) is 1. The van der Waals surface area contributed by atoms with Crippen molar-refractivity contribution < 1.29 is 4.74 Å². The van der Waals surface area contributed by atoms with Crippen molar-refractivity contribution in [2.24, 2.45) is 10.2 Å². The second-order valence-corrected chi connectivity index (χ2v) is 5.26. The highest BCUT2D eigenvalue weighted by Crippen LogP contribution is 2.22. The van der Waals surface area contributed by atoms with Gasteiger partial charge in [-0.25, -0.2) is 0 Å². The molecule has 0 saturated carbocycles. The molecule has 0 aliphatic heterocycles. The molecule has 0 aliphatic rings. The van der Waals surface area contributed by atoms with Gasteiger partial charge in [0.1, 0.15) is 5.75 Å². The smallest absolute Gasteiger partial charge is 0.119 e. The summed E-state index contributed by atoms with van der Waals surface area (Å²) in [5.41, 5.74) is 2.90. The van der Waals surface area contributed by atoms with E-state index in [0.29, 0.717) is 0 Å². The highest BCUT2D eigenvalue weighted by molar-refractivity contribution is 9.08. The largest absolute Gasteiger partial charge is 0.494 e. The third-order valence-corrected chi connectivity index (χ3v) is 3.62. The average Bonchev–Trinajstić information content (AvgIpc) is 2.55. The molecule has 0 spiro atoms. The van der Waals surface area contributed by atoms with E-state index in [4.69, 9.17) is 4.74 Å². The van der Waals surface area contributed by atoms with Crippen LogP contribution >= 0.6 is 15.9 Å². The quantitative estimate of drug-likeness (QED) is 0.335. The minimum atomic E-state index is 0.761. The lowest BCUT2D eigenvalue weighted by Crippen LogP contribution is -1.95. The monoisotopic (exact) mass is 346 g/mol. The Kier molecular flexibility index (Phi) is 6.41. The first-order valence-electron chi connectivity index (χ1n) is 7.11. The van der Waals surface area contributed by atoms with Gasteiger partial charge in [-0.3, -0.25) is 0 Å². The second kappa shape index (κ2) is 8.57. The van der Waals surface area contributed by atoms with Gasteiger partial charge in [-0.2, -0.15) is 10.2 Å². The summed E-state index contributed by atoms with van der Waals surface area (Å²) in [7, 11) is 0. The summed E-state index contributed by atoms with van der Waals surface area (Å²) < 4.78 is 5.61. The van der Waals surface area contributed by atoms with Gasteiger partial charge in [0.2, 0.25) is 0 Å². The first-order chi connectivity index (χ1) is 10.3. The van der Waals surface area contributed by atoms with Crippen LogP contribution in [-0.4, -0.2) is 6.61 Å². The number of rotatable bonds is 7. The molecular formula is C17H19BrN2O. The van der Waals surface area contributed by atoms with Crippen LogP contribution in [0.4, 0.5) is 11.4 Å². The van der Waals surface area contributed by atoms with Gasteiger partial charge < -0.3 is 4.74 Å². The summed E-state index contributed by atoms with van der Waals surface area (Å²) >= 11 is 3.42. The number of alkyl halides is 1. The van der Waals surface area contributed by atoms with Crippen molar-refractivity contribution in [3.63, 3.8) is 0 Å². The molecule has 0 amide bonds. The van der Waals surface area contributed by atoms with Crippen LogP contribution in [0.25, 0.3) is 0 Å². The highest BCUT2D eigenvalue weighted by Gasteiger charge is 1.95. The van der Waals surface area contributed by atoms with Crippen LogP contribution in [0.1, 0.15) is 25.3 Å². The van der Waals surface area contributed by atoms with E-state index in [1.165, 1.54) is 5.56 Å². The Balaban J connectivity index is 1.93. The maximum atomic E-state index is 5.61. The minimum absolute atomic E-state index is 0.761. The lowest BCUT2D eigenvalue weighted by atomic mass is 10.2. The number of azo groups is 1. The standard InChI is InChI=1S/C17H19BrN2O/c1-2-3-12-21-17-10-8-16(9-11-17)20-19-15-6-4-14(13-18)5-7-15/h4-11H,2-3,12-13H2,1H3. The van der Waals surface area contributed by atoms with Crippen molar-refractivity contribution in [1.29, 1.82) is 0 Å². The Hall–Kier alpha value is -1.68. The van der Waals surface area contributed by atoms with E-state index in [9.17, 15) is 0 Å².